The largest absolute Gasteiger partial charge is 0.465 e. The van der Waals surface area contributed by atoms with Crippen molar-refractivity contribution in [1.82, 2.24) is 0 Å². The summed E-state index contributed by atoms with van der Waals surface area (Å²) in [5.74, 6) is -0.444. The lowest BCUT2D eigenvalue weighted by Gasteiger charge is -2.11. The molecule has 0 atom stereocenters. The number of rotatable bonds is 3. The lowest BCUT2D eigenvalue weighted by atomic mass is 10.1. The summed E-state index contributed by atoms with van der Waals surface area (Å²) in [7, 11) is 1.33. The average molecular weight is 296 g/mol. The Balaban J connectivity index is 2.29. The van der Waals surface area contributed by atoms with Crippen LogP contribution >= 0.6 is 12.2 Å². The van der Waals surface area contributed by atoms with E-state index in [-0.39, 0.29) is 0 Å². The fourth-order valence-corrected chi connectivity index (χ4v) is 2.13. The molecule has 5 heteroatoms. The molecule has 0 aliphatic heterocycles. The number of carbonyl (C=O) groups excluding carboxylic acids is 1. The van der Waals surface area contributed by atoms with Gasteiger partial charge in [0.2, 0.25) is 0 Å². The molecule has 0 fully saturated rings. The Morgan fingerprint density at radius 1 is 1.19 bits per heavy atom. The van der Waals surface area contributed by atoms with E-state index in [0.29, 0.717) is 27.4 Å². The minimum Gasteiger partial charge on any atom is -0.465 e. The Hall–Kier alpha value is -2.71. The van der Waals surface area contributed by atoms with E-state index in [2.05, 4.69) is 11.4 Å². The van der Waals surface area contributed by atoms with Gasteiger partial charge in [-0.2, -0.15) is 5.26 Å². The molecule has 104 valence electrons. The highest BCUT2D eigenvalue weighted by Crippen LogP contribution is 2.15. The van der Waals surface area contributed by atoms with Crippen molar-refractivity contribution in [2.24, 2.45) is 0 Å². The highest BCUT2D eigenvalue weighted by Gasteiger charge is 2.14. The van der Waals surface area contributed by atoms with Crippen molar-refractivity contribution in [3.63, 3.8) is 0 Å². The summed E-state index contributed by atoms with van der Waals surface area (Å²) >= 11 is 5.33. The summed E-state index contributed by atoms with van der Waals surface area (Å²) in [5, 5.41) is 11.9. The molecule has 0 heterocycles. The fourth-order valence-electron chi connectivity index (χ4n) is 1.83. The first-order chi connectivity index (χ1) is 10.2. The average Bonchev–Trinajstić information content (AvgIpc) is 2.54. The van der Waals surface area contributed by atoms with Crippen molar-refractivity contribution in [3.05, 3.63) is 65.2 Å². The van der Waals surface area contributed by atoms with Gasteiger partial charge in [0, 0.05) is 11.3 Å². The molecule has 2 aromatic carbocycles. The highest BCUT2D eigenvalue weighted by atomic mass is 32.1. The van der Waals surface area contributed by atoms with Crippen LogP contribution < -0.4 is 5.32 Å². The number of benzene rings is 2. The van der Waals surface area contributed by atoms with Crippen LogP contribution in [0.4, 0.5) is 5.69 Å². The van der Waals surface area contributed by atoms with Gasteiger partial charge in [-0.3, -0.25) is 0 Å². The predicted molar refractivity (Wildman–Crippen MR) is 84.3 cm³/mol. The zero-order chi connectivity index (χ0) is 15.2. The second-order valence-electron chi connectivity index (χ2n) is 4.18. The quantitative estimate of drug-likeness (QED) is 0.696. The number of carbonyl (C=O) groups is 1. The van der Waals surface area contributed by atoms with E-state index in [1.54, 1.807) is 48.5 Å². The van der Waals surface area contributed by atoms with E-state index in [0.717, 1.165) is 0 Å². The van der Waals surface area contributed by atoms with E-state index < -0.39 is 5.97 Å². The van der Waals surface area contributed by atoms with Crippen molar-refractivity contribution < 1.29 is 9.53 Å². The van der Waals surface area contributed by atoms with E-state index in [1.165, 1.54) is 7.11 Å². The summed E-state index contributed by atoms with van der Waals surface area (Å²) in [6, 6.07) is 16.0. The highest BCUT2D eigenvalue weighted by molar-refractivity contribution is 7.81. The Morgan fingerprint density at radius 3 is 2.57 bits per heavy atom. The Kier molecular flexibility index (Phi) is 4.64. The molecule has 4 nitrogen and oxygen atoms in total. The van der Waals surface area contributed by atoms with Gasteiger partial charge in [-0.15, -0.1) is 0 Å². The number of methoxy groups -OCH3 is 1. The summed E-state index contributed by atoms with van der Waals surface area (Å²) in [6.07, 6.45) is 0. The molecule has 0 amide bonds. The number of nitriles is 1. The van der Waals surface area contributed by atoms with Gasteiger partial charge in [-0.1, -0.05) is 36.5 Å². The summed E-state index contributed by atoms with van der Waals surface area (Å²) in [6.45, 7) is 0. The number of ether oxygens (including phenoxy) is 1. The number of esters is 1. The van der Waals surface area contributed by atoms with Crippen molar-refractivity contribution in [2.75, 3.05) is 12.4 Å². The second-order valence-corrected chi connectivity index (χ2v) is 4.59. The van der Waals surface area contributed by atoms with Crippen LogP contribution in [0.15, 0.2) is 48.5 Å². The molecule has 0 bridgehead atoms. The van der Waals surface area contributed by atoms with E-state index in [4.69, 9.17) is 22.2 Å². The third-order valence-electron chi connectivity index (χ3n) is 2.83. The molecular formula is C16H12N2O2S. The summed E-state index contributed by atoms with van der Waals surface area (Å²) < 4.78 is 4.74. The SMILES string of the molecule is COC(=O)c1ccccc1C(=S)Nc1cccc(C#N)c1. The van der Waals surface area contributed by atoms with Gasteiger partial charge in [0.1, 0.15) is 4.99 Å². The van der Waals surface area contributed by atoms with Gasteiger partial charge >= 0.3 is 5.97 Å². The first kappa shape index (κ1) is 14.7. The maximum atomic E-state index is 11.7. The third kappa shape index (κ3) is 3.44. The number of anilines is 1. The van der Waals surface area contributed by atoms with Crippen LogP contribution in [-0.4, -0.2) is 18.1 Å². The van der Waals surface area contributed by atoms with Gasteiger partial charge in [-0.25, -0.2) is 4.79 Å². The standard InChI is InChI=1S/C16H12N2O2S/c1-20-16(19)14-8-3-2-7-13(14)15(21)18-12-6-4-5-11(9-12)10-17/h2-9H,1H3,(H,18,21). The molecule has 0 unspecified atom stereocenters. The monoisotopic (exact) mass is 296 g/mol. The Morgan fingerprint density at radius 2 is 1.90 bits per heavy atom. The van der Waals surface area contributed by atoms with Gasteiger partial charge in [0.05, 0.1) is 24.3 Å². The van der Waals surface area contributed by atoms with Crippen LogP contribution in [0.1, 0.15) is 21.5 Å². The minimum absolute atomic E-state index is 0.395. The normalized spacial score (nSPS) is 9.52. The predicted octanol–water partition coefficient (Wildman–Crippen LogP) is 3.13. The van der Waals surface area contributed by atoms with E-state index in [1.807, 2.05) is 0 Å². The molecule has 0 aliphatic rings. The molecular weight excluding hydrogens is 284 g/mol. The van der Waals surface area contributed by atoms with E-state index in [9.17, 15) is 4.79 Å². The Labute approximate surface area is 128 Å². The second kappa shape index (κ2) is 6.64. The molecule has 0 saturated heterocycles. The minimum atomic E-state index is -0.444. The first-order valence-corrected chi connectivity index (χ1v) is 6.55. The molecule has 2 rings (SSSR count). The summed E-state index contributed by atoms with van der Waals surface area (Å²) in [4.78, 5) is 12.1. The number of nitrogens with one attached hydrogen (secondary N) is 1. The number of hydrogen-bond acceptors (Lipinski definition) is 4. The fraction of sp³-hybridized carbons (Fsp3) is 0.0625. The molecule has 2 aromatic rings. The molecule has 1 N–H and O–H groups in total. The summed E-state index contributed by atoms with van der Waals surface area (Å²) in [5.41, 5.74) is 2.21. The van der Waals surface area contributed by atoms with Crippen LogP contribution in [0.3, 0.4) is 0 Å². The van der Waals surface area contributed by atoms with Gasteiger partial charge in [0.15, 0.2) is 0 Å². The zero-order valence-electron chi connectivity index (χ0n) is 11.3. The maximum Gasteiger partial charge on any atom is 0.338 e. The first-order valence-electron chi connectivity index (χ1n) is 6.14. The van der Waals surface area contributed by atoms with Crippen LogP contribution in [0.2, 0.25) is 0 Å². The Bertz CT molecular complexity index is 735. The third-order valence-corrected chi connectivity index (χ3v) is 3.15. The number of nitrogens with zero attached hydrogens (tertiary/aromatic N) is 1. The maximum absolute atomic E-state index is 11.7. The van der Waals surface area contributed by atoms with Crippen molar-refractivity contribution >= 4 is 28.9 Å². The molecule has 0 saturated carbocycles. The smallest absolute Gasteiger partial charge is 0.338 e. The number of hydrogen-bond donors (Lipinski definition) is 1. The van der Waals surface area contributed by atoms with Crippen LogP contribution in [0.5, 0.6) is 0 Å². The van der Waals surface area contributed by atoms with Crippen LogP contribution in [0.25, 0.3) is 0 Å². The van der Waals surface area contributed by atoms with Crippen molar-refractivity contribution in [3.8, 4) is 6.07 Å². The number of thiocarbonyl (C=S) groups is 1. The lowest BCUT2D eigenvalue weighted by molar-refractivity contribution is 0.0600. The molecule has 0 spiro atoms. The zero-order valence-corrected chi connectivity index (χ0v) is 12.1. The van der Waals surface area contributed by atoms with Gasteiger partial charge < -0.3 is 10.1 Å². The molecule has 0 aromatic heterocycles. The topological polar surface area (TPSA) is 62.1 Å². The van der Waals surface area contributed by atoms with Crippen LogP contribution in [-0.2, 0) is 4.74 Å². The molecule has 0 radical (unpaired) electrons. The molecule has 0 aliphatic carbocycles. The van der Waals surface area contributed by atoms with Gasteiger partial charge in [-0.05, 0) is 24.3 Å². The van der Waals surface area contributed by atoms with Crippen molar-refractivity contribution in [1.29, 1.82) is 5.26 Å². The molecule has 21 heavy (non-hydrogen) atoms. The van der Waals surface area contributed by atoms with Crippen molar-refractivity contribution in [2.45, 2.75) is 0 Å². The van der Waals surface area contributed by atoms with Gasteiger partial charge in [0.25, 0.3) is 0 Å². The lowest BCUT2D eigenvalue weighted by Crippen LogP contribution is -2.16. The van der Waals surface area contributed by atoms with Crippen LogP contribution in [0, 0.1) is 11.3 Å². The van der Waals surface area contributed by atoms with E-state index >= 15 is 0 Å².